The van der Waals surface area contributed by atoms with Crippen molar-refractivity contribution in [2.45, 2.75) is 44.8 Å². The van der Waals surface area contributed by atoms with Gasteiger partial charge in [0.1, 0.15) is 5.82 Å². The highest BCUT2D eigenvalue weighted by molar-refractivity contribution is 7.99. The summed E-state index contributed by atoms with van der Waals surface area (Å²) in [5, 5.41) is 0.588. The Kier molecular flexibility index (Phi) is 8.06. The van der Waals surface area contributed by atoms with Gasteiger partial charge in [-0.2, -0.15) is 11.8 Å². The standard InChI is InChI=1S/C20H30N4S/c1-4-18-13-17(10-11-22-18)7-5-6-12-24(15-16(2)25-3)19-8-9-20(21)23-14-19/h8-11,13-14,16H,4-7,12,15H2,1-3H3,(H2,21,23). The highest BCUT2D eigenvalue weighted by Crippen LogP contribution is 2.18. The molecule has 2 aromatic rings. The second kappa shape index (κ2) is 10.3. The fraction of sp³-hybridized carbons (Fsp3) is 0.500. The SMILES string of the molecule is CCc1cc(CCCCN(CC(C)SC)c2ccc(N)nc2)ccn1. The molecule has 0 saturated heterocycles. The number of anilines is 2. The van der Waals surface area contributed by atoms with E-state index in [1.165, 1.54) is 17.7 Å². The molecule has 4 nitrogen and oxygen atoms in total. The first-order valence-corrected chi connectivity index (χ1v) is 10.3. The lowest BCUT2D eigenvalue weighted by Gasteiger charge is -2.27. The summed E-state index contributed by atoms with van der Waals surface area (Å²) in [4.78, 5) is 11.1. The Morgan fingerprint density at radius 3 is 2.72 bits per heavy atom. The number of aromatic nitrogens is 2. The molecule has 136 valence electrons. The number of hydrogen-bond donors (Lipinski definition) is 1. The molecule has 0 fully saturated rings. The average Bonchev–Trinajstić information content (AvgIpc) is 2.65. The predicted octanol–water partition coefficient (Wildman–Crippen LogP) is 4.20. The van der Waals surface area contributed by atoms with Gasteiger partial charge in [0, 0.05) is 30.2 Å². The number of hydrogen-bond acceptors (Lipinski definition) is 5. The molecule has 2 heterocycles. The van der Waals surface area contributed by atoms with Gasteiger partial charge >= 0.3 is 0 Å². The van der Waals surface area contributed by atoms with Crippen molar-refractivity contribution in [1.82, 2.24) is 9.97 Å². The Labute approximate surface area is 156 Å². The molecule has 2 rings (SSSR count). The molecular weight excluding hydrogens is 328 g/mol. The summed E-state index contributed by atoms with van der Waals surface area (Å²) in [6, 6.07) is 8.33. The van der Waals surface area contributed by atoms with E-state index in [1.807, 2.05) is 30.2 Å². The summed E-state index contributed by atoms with van der Waals surface area (Å²) in [7, 11) is 0. The molecule has 0 aliphatic rings. The molecule has 1 unspecified atom stereocenters. The molecular formula is C20H30N4S. The lowest BCUT2D eigenvalue weighted by Crippen LogP contribution is -2.31. The van der Waals surface area contributed by atoms with Crippen molar-refractivity contribution in [1.29, 1.82) is 0 Å². The van der Waals surface area contributed by atoms with Crippen LogP contribution in [0.3, 0.4) is 0 Å². The Bertz CT molecular complexity index is 630. The first-order valence-electron chi connectivity index (χ1n) is 9.05. The van der Waals surface area contributed by atoms with Crippen molar-refractivity contribution in [3.05, 3.63) is 47.9 Å². The average molecular weight is 359 g/mol. The molecule has 2 aromatic heterocycles. The van der Waals surface area contributed by atoms with E-state index in [0.29, 0.717) is 11.1 Å². The van der Waals surface area contributed by atoms with Gasteiger partial charge in [0.2, 0.25) is 0 Å². The fourth-order valence-electron chi connectivity index (χ4n) is 2.80. The molecule has 1 atom stereocenters. The van der Waals surface area contributed by atoms with Crippen LogP contribution in [0.2, 0.25) is 0 Å². The lowest BCUT2D eigenvalue weighted by atomic mass is 10.1. The second-order valence-corrected chi connectivity index (χ2v) is 7.68. The Hall–Kier alpha value is -1.75. The minimum atomic E-state index is 0.575. The van der Waals surface area contributed by atoms with Crippen molar-refractivity contribution >= 4 is 23.3 Å². The molecule has 0 bridgehead atoms. The zero-order valence-electron chi connectivity index (χ0n) is 15.6. The number of thioether (sulfide) groups is 1. The summed E-state index contributed by atoms with van der Waals surface area (Å²) in [6.07, 6.45) is 10.4. The van der Waals surface area contributed by atoms with Crippen LogP contribution in [0.5, 0.6) is 0 Å². The smallest absolute Gasteiger partial charge is 0.123 e. The normalized spacial score (nSPS) is 12.1. The Balaban J connectivity index is 1.89. The maximum absolute atomic E-state index is 5.73. The molecule has 25 heavy (non-hydrogen) atoms. The number of nitrogens with two attached hydrogens (primary N) is 1. The van der Waals surface area contributed by atoms with E-state index in [9.17, 15) is 0 Å². The summed E-state index contributed by atoms with van der Waals surface area (Å²) in [5.74, 6) is 0.575. The molecule has 0 amide bonds. The Morgan fingerprint density at radius 1 is 1.20 bits per heavy atom. The summed E-state index contributed by atoms with van der Waals surface area (Å²) in [5.41, 5.74) is 9.46. The van der Waals surface area contributed by atoms with Gasteiger partial charge < -0.3 is 10.6 Å². The van der Waals surface area contributed by atoms with Gasteiger partial charge in [-0.15, -0.1) is 0 Å². The molecule has 0 aromatic carbocycles. The van der Waals surface area contributed by atoms with E-state index in [1.54, 1.807) is 0 Å². The van der Waals surface area contributed by atoms with Gasteiger partial charge in [-0.05, 0) is 61.8 Å². The predicted molar refractivity (Wildman–Crippen MR) is 110 cm³/mol. The minimum absolute atomic E-state index is 0.575. The first-order chi connectivity index (χ1) is 12.1. The van der Waals surface area contributed by atoms with Gasteiger partial charge in [0.05, 0.1) is 11.9 Å². The maximum Gasteiger partial charge on any atom is 0.123 e. The van der Waals surface area contributed by atoms with E-state index in [0.717, 1.165) is 38.0 Å². The van der Waals surface area contributed by atoms with Crippen LogP contribution < -0.4 is 10.6 Å². The van der Waals surface area contributed by atoms with Crippen molar-refractivity contribution < 1.29 is 0 Å². The molecule has 0 aliphatic carbocycles. The molecule has 0 spiro atoms. The van der Waals surface area contributed by atoms with E-state index < -0.39 is 0 Å². The topological polar surface area (TPSA) is 55.0 Å². The van der Waals surface area contributed by atoms with Crippen LogP contribution >= 0.6 is 11.8 Å². The van der Waals surface area contributed by atoms with Crippen molar-refractivity contribution in [2.24, 2.45) is 0 Å². The van der Waals surface area contributed by atoms with Gasteiger partial charge in [-0.1, -0.05) is 13.8 Å². The van der Waals surface area contributed by atoms with Crippen LogP contribution in [-0.2, 0) is 12.8 Å². The number of nitrogens with zero attached hydrogens (tertiary/aromatic N) is 3. The molecule has 0 aliphatic heterocycles. The number of nitrogen functional groups attached to an aromatic ring is 1. The summed E-state index contributed by atoms with van der Waals surface area (Å²) >= 11 is 1.90. The molecule has 0 saturated carbocycles. The van der Waals surface area contributed by atoms with Crippen LogP contribution in [-0.4, -0.2) is 34.6 Å². The van der Waals surface area contributed by atoms with E-state index in [4.69, 9.17) is 5.73 Å². The van der Waals surface area contributed by atoms with Crippen molar-refractivity contribution in [3.8, 4) is 0 Å². The zero-order valence-corrected chi connectivity index (χ0v) is 16.4. The van der Waals surface area contributed by atoms with Crippen LogP contribution in [0.15, 0.2) is 36.7 Å². The number of rotatable bonds is 10. The fourth-order valence-corrected chi connectivity index (χ4v) is 3.13. The quantitative estimate of drug-likeness (QED) is 0.645. The van der Waals surface area contributed by atoms with E-state index >= 15 is 0 Å². The summed E-state index contributed by atoms with van der Waals surface area (Å²) in [6.45, 7) is 6.49. The molecule has 0 radical (unpaired) electrons. The van der Waals surface area contributed by atoms with Crippen molar-refractivity contribution in [2.75, 3.05) is 30.0 Å². The third-order valence-electron chi connectivity index (χ3n) is 4.40. The van der Waals surface area contributed by atoms with Crippen LogP contribution in [0.1, 0.15) is 37.9 Å². The monoisotopic (exact) mass is 358 g/mol. The maximum atomic E-state index is 5.73. The highest BCUT2D eigenvalue weighted by atomic mass is 32.2. The van der Waals surface area contributed by atoms with E-state index in [2.05, 4.69) is 53.2 Å². The molecule has 2 N–H and O–H groups in total. The van der Waals surface area contributed by atoms with Crippen molar-refractivity contribution in [3.63, 3.8) is 0 Å². The van der Waals surface area contributed by atoms with Crippen LogP contribution in [0.25, 0.3) is 0 Å². The minimum Gasteiger partial charge on any atom is -0.384 e. The summed E-state index contributed by atoms with van der Waals surface area (Å²) < 4.78 is 0. The lowest BCUT2D eigenvalue weighted by molar-refractivity contribution is 0.680. The van der Waals surface area contributed by atoms with Crippen LogP contribution in [0.4, 0.5) is 11.5 Å². The van der Waals surface area contributed by atoms with Gasteiger partial charge in [0.25, 0.3) is 0 Å². The zero-order chi connectivity index (χ0) is 18.1. The third-order valence-corrected chi connectivity index (χ3v) is 5.36. The third kappa shape index (κ3) is 6.58. The number of unbranched alkanes of at least 4 members (excludes halogenated alkanes) is 1. The highest BCUT2D eigenvalue weighted by Gasteiger charge is 2.11. The Morgan fingerprint density at radius 2 is 2.04 bits per heavy atom. The first kappa shape index (κ1) is 19.6. The van der Waals surface area contributed by atoms with Crippen LogP contribution in [0, 0.1) is 0 Å². The van der Waals surface area contributed by atoms with Gasteiger partial charge in [0.15, 0.2) is 0 Å². The second-order valence-electron chi connectivity index (χ2n) is 6.40. The van der Waals surface area contributed by atoms with E-state index in [-0.39, 0.29) is 0 Å². The largest absolute Gasteiger partial charge is 0.384 e. The van der Waals surface area contributed by atoms with Gasteiger partial charge in [-0.3, -0.25) is 4.98 Å². The number of aryl methyl sites for hydroxylation is 2. The molecule has 5 heteroatoms. The number of pyridine rings is 2. The van der Waals surface area contributed by atoms with Gasteiger partial charge in [-0.25, -0.2) is 4.98 Å².